The van der Waals surface area contributed by atoms with Crippen molar-refractivity contribution in [2.24, 2.45) is 0 Å². The quantitative estimate of drug-likeness (QED) is 0.771. The minimum absolute atomic E-state index is 0.107. The van der Waals surface area contributed by atoms with Crippen LogP contribution in [0, 0.1) is 0 Å². The van der Waals surface area contributed by atoms with Gasteiger partial charge in [-0.05, 0) is 6.07 Å². The molecule has 1 rings (SSSR count). The summed E-state index contributed by atoms with van der Waals surface area (Å²) >= 11 is 0. The van der Waals surface area contributed by atoms with Crippen LogP contribution in [0.15, 0.2) is 24.3 Å². The number of hydrogen-bond acceptors (Lipinski definition) is 3. The Balaban J connectivity index is 3.13. The second-order valence-corrected chi connectivity index (χ2v) is 3.04. The van der Waals surface area contributed by atoms with E-state index in [0.717, 1.165) is 6.29 Å². The van der Waals surface area contributed by atoms with Crippen molar-refractivity contribution in [2.45, 2.75) is 6.42 Å². The fourth-order valence-corrected chi connectivity index (χ4v) is 1.33. The number of ether oxygens (including phenoxy) is 1. The first kappa shape index (κ1) is 12.0. The second kappa shape index (κ2) is 5.70. The van der Waals surface area contributed by atoms with Gasteiger partial charge in [-0.25, -0.2) is 4.79 Å². The molecule has 16 heavy (non-hydrogen) atoms. The summed E-state index contributed by atoms with van der Waals surface area (Å²) in [5, 5.41) is 8.93. The summed E-state index contributed by atoms with van der Waals surface area (Å²) in [6, 6.07) is 4.83. The van der Waals surface area contributed by atoms with Crippen molar-refractivity contribution in [3.8, 4) is 5.75 Å². The first-order valence-electron chi connectivity index (χ1n) is 4.71. The number of rotatable bonds is 5. The van der Waals surface area contributed by atoms with E-state index < -0.39 is 5.97 Å². The number of carbonyl (C=O) groups is 2. The Hall–Kier alpha value is -2.10. The number of methoxy groups -OCH3 is 1. The Labute approximate surface area is 93.2 Å². The van der Waals surface area contributed by atoms with E-state index in [1.165, 1.54) is 13.2 Å². The molecule has 1 aromatic rings. The molecule has 0 aromatic heterocycles. The highest BCUT2D eigenvalue weighted by molar-refractivity contribution is 5.92. The number of para-hydroxylation sites is 1. The number of carboxylic acids is 1. The van der Waals surface area contributed by atoms with Crippen molar-refractivity contribution in [1.82, 2.24) is 0 Å². The molecule has 0 saturated carbocycles. The maximum Gasteiger partial charge on any atom is 0.339 e. The van der Waals surface area contributed by atoms with E-state index in [1.54, 1.807) is 24.3 Å². The van der Waals surface area contributed by atoms with Gasteiger partial charge in [0.1, 0.15) is 17.6 Å². The summed E-state index contributed by atoms with van der Waals surface area (Å²) in [6.45, 7) is 0. The van der Waals surface area contributed by atoms with Crippen molar-refractivity contribution in [1.29, 1.82) is 0 Å². The molecular formula is C12H12O4. The average Bonchev–Trinajstić information content (AvgIpc) is 2.29. The zero-order chi connectivity index (χ0) is 12.0. The van der Waals surface area contributed by atoms with Gasteiger partial charge in [0.25, 0.3) is 0 Å². The van der Waals surface area contributed by atoms with Crippen molar-refractivity contribution < 1.29 is 19.4 Å². The first-order chi connectivity index (χ1) is 7.70. The standard InChI is InChI=1S/C12H12O4/c1-16-11-9(5-2-3-8-13)6-4-7-10(11)12(14)15/h2,4-8H,3H2,1H3,(H,14,15). The van der Waals surface area contributed by atoms with Crippen LogP contribution in [0.4, 0.5) is 0 Å². The topological polar surface area (TPSA) is 63.6 Å². The van der Waals surface area contributed by atoms with Gasteiger partial charge in [0, 0.05) is 12.0 Å². The highest BCUT2D eigenvalue weighted by Crippen LogP contribution is 2.25. The lowest BCUT2D eigenvalue weighted by molar-refractivity contribution is -0.107. The molecule has 1 aromatic carbocycles. The lowest BCUT2D eigenvalue weighted by Crippen LogP contribution is -2.01. The Kier molecular flexibility index (Phi) is 4.27. The van der Waals surface area contributed by atoms with Gasteiger partial charge < -0.3 is 14.6 Å². The summed E-state index contributed by atoms with van der Waals surface area (Å²) in [7, 11) is 1.42. The third-order valence-electron chi connectivity index (χ3n) is 2.01. The van der Waals surface area contributed by atoms with Gasteiger partial charge in [-0.1, -0.05) is 24.3 Å². The number of benzene rings is 1. The molecule has 0 fully saturated rings. The molecule has 0 aliphatic carbocycles. The fraction of sp³-hybridized carbons (Fsp3) is 0.167. The van der Waals surface area contributed by atoms with Crippen LogP contribution in [0.1, 0.15) is 22.3 Å². The molecule has 0 atom stereocenters. The van der Waals surface area contributed by atoms with Gasteiger partial charge in [0.15, 0.2) is 0 Å². The highest BCUT2D eigenvalue weighted by atomic mass is 16.5. The van der Waals surface area contributed by atoms with E-state index >= 15 is 0 Å². The van der Waals surface area contributed by atoms with Gasteiger partial charge in [-0.3, -0.25) is 0 Å². The first-order valence-corrected chi connectivity index (χ1v) is 4.71. The monoisotopic (exact) mass is 220 g/mol. The smallest absolute Gasteiger partial charge is 0.339 e. The summed E-state index contributed by atoms with van der Waals surface area (Å²) in [5.41, 5.74) is 0.750. The van der Waals surface area contributed by atoms with Crippen LogP contribution in [-0.2, 0) is 4.79 Å². The number of allylic oxidation sites excluding steroid dienone is 1. The predicted molar refractivity (Wildman–Crippen MR) is 59.7 cm³/mol. The van der Waals surface area contributed by atoms with Crippen LogP contribution in [0.25, 0.3) is 6.08 Å². The van der Waals surface area contributed by atoms with Gasteiger partial charge in [0.2, 0.25) is 0 Å². The number of carbonyl (C=O) groups excluding carboxylic acids is 1. The zero-order valence-corrected chi connectivity index (χ0v) is 8.84. The Bertz CT molecular complexity index is 421. The molecule has 0 aliphatic heterocycles. The van der Waals surface area contributed by atoms with Crippen LogP contribution in [0.5, 0.6) is 5.75 Å². The summed E-state index contributed by atoms with van der Waals surface area (Å²) in [5.74, 6) is -0.736. The maximum absolute atomic E-state index is 10.9. The average molecular weight is 220 g/mol. The maximum atomic E-state index is 10.9. The lowest BCUT2D eigenvalue weighted by Gasteiger charge is -2.07. The van der Waals surface area contributed by atoms with Crippen LogP contribution in [0.2, 0.25) is 0 Å². The highest BCUT2D eigenvalue weighted by Gasteiger charge is 2.12. The summed E-state index contributed by atoms with van der Waals surface area (Å²) in [4.78, 5) is 21.1. The third-order valence-corrected chi connectivity index (χ3v) is 2.01. The molecule has 0 heterocycles. The second-order valence-electron chi connectivity index (χ2n) is 3.04. The van der Waals surface area contributed by atoms with Crippen molar-refractivity contribution in [2.75, 3.05) is 7.11 Å². The Morgan fingerprint density at radius 3 is 2.81 bits per heavy atom. The fourth-order valence-electron chi connectivity index (χ4n) is 1.33. The van der Waals surface area contributed by atoms with E-state index in [2.05, 4.69) is 0 Å². The largest absolute Gasteiger partial charge is 0.495 e. The van der Waals surface area contributed by atoms with Gasteiger partial charge in [-0.15, -0.1) is 0 Å². The molecule has 1 N–H and O–H groups in total. The van der Waals surface area contributed by atoms with E-state index in [-0.39, 0.29) is 5.56 Å². The molecule has 0 amide bonds. The minimum Gasteiger partial charge on any atom is -0.495 e. The number of carboxylic acid groups (broad SMARTS) is 1. The van der Waals surface area contributed by atoms with Crippen LogP contribution in [-0.4, -0.2) is 24.5 Å². The van der Waals surface area contributed by atoms with E-state index in [9.17, 15) is 9.59 Å². The number of hydrogen-bond donors (Lipinski definition) is 1. The molecule has 4 nitrogen and oxygen atoms in total. The SMILES string of the molecule is COc1c(C=CCC=O)cccc1C(=O)O. The van der Waals surface area contributed by atoms with Gasteiger partial charge in [-0.2, -0.15) is 0 Å². The lowest BCUT2D eigenvalue weighted by atomic mass is 10.1. The van der Waals surface area contributed by atoms with E-state index in [1.807, 2.05) is 0 Å². The van der Waals surface area contributed by atoms with Crippen LogP contribution < -0.4 is 4.74 Å². The number of aromatic carboxylic acids is 1. The van der Waals surface area contributed by atoms with Crippen molar-refractivity contribution in [3.63, 3.8) is 0 Å². The zero-order valence-electron chi connectivity index (χ0n) is 8.84. The molecule has 0 spiro atoms. The van der Waals surface area contributed by atoms with Crippen molar-refractivity contribution in [3.05, 3.63) is 35.4 Å². The van der Waals surface area contributed by atoms with E-state index in [4.69, 9.17) is 9.84 Å². The Morgan fingerprint density at radius 1 is 1.50 bits per heavy atom. The Morgan fingerprint density at radius 2 is 2.25 bits per heavy atom. The third kappa shape index (κ3) is 2.70. The van der Waals surface area contributed by atoms with Gasteiger partial charge >= 0.3 is 5.97 Å². The van der Waals surface area contributed by atoms with Crippen LogP contribution >= 0.6 is 0 Å². The molecule has 0 radical (unpaired) electrons. The van der Waals surface area contributed by atoms with Crippen LogP contribution in [0.3, 0.4) is 0 Å². The minimum atomic E-state index is -1.04. The normalized spacial score (nSPS) is 10.3. The van der Waals surface area contributed by atoms with E-state index in [0.29, 0.717) is 17.7 Å². The summed E-state index contributed by atoms with van der Waals surface area (Å²) < 4.78 is 5.05. The molecule has 0 saturated heterocycles. The molecule has 0 bridgehead atoms. The van der Waals surface area contributed by atoms with Crippen molar-refractivity contribution >= 4 is 18.3 Å². The van der Waals surface area contributed by atoms with Gasteiger partial charge in [0.05, 0.1) is 7.11 Å². The molecule has 0 aliphatic rings. The molecule has 0 unspecified atom stereocenters. The molecule has 84 valence electrons. The predicted octanol–water partition coefficient (Wildman–Crippen LogP) is 2.00. The molecular weight excluding hydrogens is 208 g/mol. The molecule has 4 heteroatoms. The summed E-state index contributed by atoms with van der Waals surface area (Å²) in [6.07, 6.45) is 4.38. The number of aldehydes is 1.